The summed E-state index contributed by atoms with van der Waals surface area (Å²) in [7, 11) is 1.13. The minimum absolute atomic E-state index is 0. The van der Waals surface area contributed by atoms with E-state index in [1.165, 1.54) is 0 Å². The Bertz CT molecular complexity index is 262. The lowest BCUT2D eigenvalue weighted by Crippen LogP contribution is -3.00. The van der Waals surface area contributed by atoms with Gasteiger partial charge in [-0.1, -0.05) is 0 Å². The maximum atomic E-state index is 13.0. The van der Waals surface area contributed by atoms with Gasteiger partial charge in [0.15, 0.2) is 0 Å². The van der Waals surface area contributed by atoms with Crippen molar-refractivity contribution >= 4 is 0 Å². The van der Waals surface area contributed by atoms with Crippen molar-refractivity contribution < 1.29 is 56.4 Å². The van der Waals surface area contributed by atoms with E-state index in [1.54, 1.807) is 0 Å². The zero-order chi connectivity index (χ0) is 14.5. The topological polar surface area (TPSA) is 0 Å². The average molecular weight is 314 g/mol. The highest BCUT2D eigenvalue weighted by Gasteiger charge is 2.86. The molecule has 1 nitrogen and oxygen atoms in total. The molecule has 112 valence electrons. The average Bonchev–Trinajstić information content (AvgIpc) is 1.98. The Balaban J connectivity index is 0. The first-order valence-electron chi connectivity index (χ1n) is 4.02. The molecule has 11 heteroatoms. The molecule has 0 aliphatic carbocycles. The van der Waals surface area contributed by atoms with E-state index in [2.05, 4.69) is 0 Å². The molecule has 0 aromatic rings. The SMILES string of the molecule is C[N+](C)(C)C(F)(F)C(F)(F)C(F)(F)C(F)(F)F.[Cl-]. The molecule has 0 saturated carbocycles. The summed E-state index contributed by atoms with van der Waals surface area (Å²) in [5.74, 6) is -13.4. The second-order valence-electron chi connectivity index (χ2n) is 4.20. The van der Waals surface area contributed by atoms with E-state index in [4.69, 9.17) is 0 Å². The van der Waals surface area contributed by atoms with Crippen molar-refractivity contribution in [3.63, 3.8) is 0 Å². The van der Waals surface area contributed by atoms with Crippen LogP contribution in [-0.2, 0) is 0 Å². The van der Waals surface area contributed by atoms with Crippen LogP contribution in [0.4, 0.5) is 39.5 Å². The summed E-state index contributed by atoms with van der Waals surface area (Å²) in [6.45, 7) is 0. The molecule has 0 unspecified atom stereocenters. The van der Waals surface area contributed by atoms with Gasteiger partial charge in [0.2, 0.25) is 0 Å². The first-order valence-corrected chi connectivity index (χ1v) is 4.02. The van der Waals surface area contributed by atoms with Crippen molar-refractivity contribution in [2.75, 3.05) is 21.1 Å². The molecule has 0 atom stereocenters. The number of alkyl halides is 9. The molecule has 0 rings (SSSR count). The third-order valence-electron chi connectivity index (χ3n) is 1.97. The maximum Gasteiger partial charge on any atom is 0.461 e. The molecule has 0 aromatic heterocycles. The van der Waals surface area contributed by atoms with Crippen LogP contribution in [0.25, 0.3) is 0 Å². The monoisotopic (exact) mass is 313 g/mol. The Morgan fingerprint density at radius 3 is 1.06 bits per heavy atom. The highest BCUT2D eigenvalue weighted by atomic mass is 35.5. The minimum atomic E-state index is -6.82. The molecular weight excluding hydrogens is 305 g/mol. The van der Waals surface area contributed by atoms with Crippen molar-refractivity contribution in [2.45, 2.75) is 24.1 Å². The van der Waals surface area contributed by atoms with Crippen LogP contribution in [0.15, 0.2) is 0 Å². The summed E-state index contributed by atoms with van der Waals surface area (Å²) in [5, 5.41) is 0. The third kappa shape index (κ3) is 2.63. The standard InChI is InChI=1S/C7H9F9N.ClH/c1-17(2,3)7(15,16)5(10,11)4(8,9)6(12,13)14;/h1-3H3;1H/q+1;/p-1. The van der Waals surface area contributed by atoms with E-state index in [1.807, 2.05) is 0 Å². The van der Waals surface area contributed by atoms with Gasteiger partial charge in [-0.3, -0.25) is 4.48 Å². The minimum Gasteiger partial charge on any atom is -1.00 e. The predicted molar refractivity (Wildman–Crippen MR) is 38.9 cm³/mol. The molecule has 0 N–H and O–H groups in total. The number of hydrogen-bond donors (Lipinski definition) is 0. The zero-order valence-corrected chi connectivity index (χ0v) is 9.98. The summed E-state index contributed by atoms with van der Waals surface area (Å²) in [6.07, 6.45) is -6.77. The predicted octanol–water partition coefficient (Wildman–Crippen LogP) is 0.122. The molecule has 0 bridgehead atoms. The van der Waals surface area contributed by atoms with Crippen molar-refractivity contribution in [1.29, 1.82) is 0 Å². The van der Waals surface area contributed by atoms with Crippen molar-refractivity contribution in [3.8, 4) is 0 Å². The number of hydrogen-bond acceptors (Lipinski definition) is 0. The maximum absolute atomic E-state index is 13.0. The fourth-order valence-corrected chi connectivity index (χ4v) is 0.788. The number of nitrogens with zero attached hydrogens (tertiary/aromatic N) is 1. The summed E-state index contributed by atoms with van der Waals surface area (Å²) < 4.78 is 109. The molecule has 18 heavy (non-hydrogen) atoms. The summed E-state index contributed by atoms with van der Waals surface area (Å²) in [6, 6.07) is -5.59. The quantitative estimate of drug-likeness (QED) is 0.394. The summed E-state index contributed by atoms with van der Waals surface area (Å²) in [5.41, 5.74) is 0. The lowest BCUT2D eigenvalue weighted by Gasteiger charge is -2.40. The number of rotatable bonds is 3. The van der Waals surface area contributed by atoms with Crippen molar-refractivity contribution in [3.05, 3.63) is 0 Å². The molecule has 0 radical (unpaired) electrons. The van der Waals surface area contributed by atoms with Crippen molar-refractivity contribution in [2.24, 2.45) is 0 Å². The Morgan fingerprint density at radius 1 is 0.611 bits per heavy atom. The van der Waals surface area contributed by atoms with Gasteiger partial charge in [-0.25, -0.2) is 0 Å². The van der Waals surface area contributed by atoms with Gasteiger partial charge in [-0.2, -0.15) is 30.7 Å². The molecule has 0 heterocycles. The summed E-state index contributed by atoms with van der Waals surface area (Å²) >= 11 is 0. The van der Waals surface area contributed by atoms with Gasteiger partial charge >= 0.3 is 24.1 Å². The molecule has 0 aliphatic heterocycles. The Labute approximate surface area is 103 Å². The van der Waals surface area contributed by atoms with Gasteiger partial charge in [0, 0.05) is 0 Å². The van der Waals surface area contributed by atoms with Gasteiger partial charge in [-0.15, -0.1) is 8.78 Å². The zero-order valence-electron chi connectivity index (χ0n) is 9.23. The lowest BCUT2D eigenvalue weighted by molar-refractivity contribution is -0.975. The second-order valence-corrected chi connectivity index (χ2v) is 4.20. The van der Waals surface area contributed by atoms with Crippen LogP contribution < -0.4 is 12.4 Å². The van der Waals surface area contributed by atoms with Gasteiger partial charge in [-0.05, 0) is 0 Å². The van der Waals surface area contributed by atoms with Gasteiger partial charge < -0.3 is 12.4 Å². The molecule has 0 aromatic carbocycles. The molecule has 0 saturated heterocycles. The molecule has 0 fully saturated rings. The fraction of sp³-hybridized carbons (Fsp3) is 1.00. The van der Waals surface area contributed by atoms with Crippen LogP contribution in [0.3, 0.4) is 0 Å². The van der Waals surface area contributed by atoms with Crippen LogP contribution in [0.1, 0.15) is 0 Å². The van der Waals surface area contributed by atoms with Crippen LogP contribution in [0, 0.1) is 0 Å². The van der Waals surface area contributed by atoms with E-state index in [-0.39, 0.29) is 12.4 Å². The van der Waals surface area contributed by atoms with E-state index in [9.17, 15) is 39.5 Å². The van der Waals surface area contributed by atoms with Gasteiger partial charge in [0.05, 0.1) is 21.1 Å². The van der Waals surface area contributed by atoms with E-state index in [0.29, 0.717) is 21.1 Å². The largest absolute Gasteiger partial charge is 1.00 e. The van der Waals surface area contributed by atoms with Crippen molar-refractivity contribution in [1.82, 2.24) is 0 Å². The molecule has 0 aliphatic rings. The fourth-order valence-electron chi connectivity index (χ4n) is 0.788. The first kappa shape index (κ1) is 19.9. The van der Waals surface area contributed by atoms with Gasteiger partial charge in [0.1, 0.15) is 0 Å². The van der Waals surface area contributed by atoms with E-state index < -0.39 is 28.6 Å². The Kier molecular flexibility index (Phi) is 5.12. The smallest absolute Gasteiger partial charge is 0.461 e. The first-order chi connectivity index (χ1) is 7.00. The van der Waals surface area contributed by atoms with Crippen LogP contribution in [0.2, 0.25) is 0 Å². The second kappa shape index (κ2) is 4.62. The van der Waals surface area contributed by atoms with Crippen LogP contribution in [0.5, 0.6) is 0 Å². The lowest BCUT2D eigenvalue weighted by atomic mass is 10.1. The highest BCUT2D eigenvalue weighted by molar-refractivity contribution is 4.96. The molecule has 0 amide bonds. The van der Waals surface area contributed by atoms with Gasteiger partial charge in [0.25, 0.3) is 0 Å². The normalized spacial score (nSPS) is 15.3. The van der Waals surface area contributed by atoms with E-state index >= 15 is 0 Å². The highest BCUT2D eigenvalue weighted by Crippen LogP contribution is 2.54. The Hall–Kier alpha value is -0.380. The number of halogens is 10. The van der Waals surface area contributed by atoms with Crippen LogP contribution >= 0.6 is 0 Å². The molecule has 0 spiro atoms. The number of quaternary nitrogens is 1. The summed E-state index contributed by atoms with van der Waals surface area (Å²) in [4.78, 5) is 0. The molecular formula is C7H9ClF9N. The third-order valence-corrected chi connectivity index (χ3v) is 1.97. The van der Waals surface area contributed by atoms with E-state index in [0.717, 1.165) is 0 Å². The van der Waals surface area contributed by atoms with Crippen LogP contribution in [-0.4, -0.2) is 49.7 Å². The Morgan fingerprint density at radius 2 is 0.889 bits per heavy atom.